The van der Waals surface area contributed by atoms with Crippen molar-refractivity contribution in [3.05, 3.63) is 59.7 Å². The number of carbonyl (C=O) groups excluding carboxylic acids is 3. The summed E-state index contributed by atoms with van der Waals surface area (Å²) in [6.45, 7) is 3.79. The van der Waals surface area contributed by atoms with Gasteiger partial charge in [-0.1, -0.05) is 17.7 Å². The van der Waals surface area contributed by atoms with Gasteiger partial charge in [0, 0.05) is 12.2 Å². The van der Waals surface area contributed by atoms with E-state index >= 15 is 0 Å². The van der Waals surface area contributed by atoms with Crippen molar-refractivity contribution in [3.8, 4) is 0 Å². The highest BCUT2D eigenvalue weighted by Gasteiger charge is 2.38. The van der Waals surface area contributed by atoms with E-state index in [0.29, 0.717) is 11.3 Å². The number of benzene rings is 2. The number of rotatable bonds is 8. The number of hydrogen-bond acceptors (Lipinski definition) is 8. The molecular weight excluding hydrogens is 466 g/mol. The number of carbonyl (C=O) groups is 3. The van der Waals surface area contributed by atoms with Crippen LogP contribution in [0.15, 0.2) is 53.4 Å². The lowest BCUT2D eigenvalue weighted by Gasteiger charge is -2.29. The molecule has 2 unspecified atom stereocenters. The van der Waals surface area contributed by atoms with Crippen LogP contribution in [0.2, 0.25) is 0 Å². The molecule has 1 heterocycles. The summed E-state index contributed by atoms with van der Waals surface area (Å²) in [6, 6.07) is 12.6. The first-order valence-electron chi connectivity index (χ1n) is 10.2. The quantitative estimate of drug-likeness (QED) is 0.476. The minimum absolute atomic E-state index is 0.0208. The van der Waals surface area contributed by atoms with Crippen molar-refractivity contribution in [3.63, 3.8) is 0 Å². The second-order valence-corrected chi connectivity index (χ2v) is 10.5. The first-order chi connectivity index (χ1) is 15.7. The van der Waals surface area contributed by atoms with Crippen LogP contribution in [0.5, 0.6) is 0 Å². The monoisotopic (exact) mass is 491 g/mol. The fraction of sp³-hybridized carbons (Fsp3) is 0.318. The van der Waals surface area contributed by atoms with Gasteiger partial charge in [0.05, 0.1) is 22.8 Å². The van der Waals surface area contributed by atoms with Gasteiger partial charge in [0.1, 0.15) is 5.50 Å². The molecule has 1 saturated heterocycles. The van der Waals surface area contributed by atoms with Gasteiger partial charge >= 0.3 is 5.97 Å². The summed E-state index contributed by atoms with van der Waals surface area (Å²) >= 11 is 1.13. The van der Waals surface area contributed by atoms with Gasteiger partial charge in [-0.15, -0.1) is 11.8 Å². The van der Waals surface area contributed by atoms with Crippen molar-refractivity contribution in [2.75, 3.05) is 24.2 Å². The van der Waals surface area contributed by atoms with Crippen LogP contribution >= 0.6 is 11.8 Å². The third kappa shape index (κ3) is 6.34. The molecule has 2 aromatic rings. The average molecular weight is 492 g/mol. The molecule has 2 atom stereocenters. The minimum Gasteiger partial charge on any atom is -0.462 e. The molecule has 1 aliphatic heterocycles. The van der Waals surface area contributed by atoms with Crippen LogP contribution < -0.4 is 16.0 Å². The number of sulfone groups is 1. The summed E-state index contributed by atoms with van der Waals surface area (Å²) in [4.78, 5) is 36.5. The molecule has 176 valence electrons. The number of esters is 1. The molecule has 33 heavy (non-hydrogen) atoms. The number of nitrogens with one attached hydrogen (secondary N) is 3. The predicted octanol–water partition coefficient (Wildman–Crippen LogP) is 1.69. The Balaban J connectivity index is 1.49. The standard InChI is InChI=1S/C22H25N3O6S2/c1-3-31-21(28)15-6-8-16(9-7-15)24-19(26)13-32-22-23-12-18(20(27)25-22)33(29,30)17-10-4-14(2)5-11-17/h4-11,18,22-23H,3,12-13H2,1-2H3,(H,24,26)(H,25,27). The van der Waals surface area contributed by atoms with Gasteiger partial charge in [-0.2, -0.15) is 0 Å². The molecule has 0 saturated carbocycles. The first kappa shape index (κ1) is 24.7. The number of aryl methyl sites for hydroxylation is 1. The van der Waals surface area contributed by atoms with Crippen molar-refractivity contribution in [2.24, 2.45) is 0 Å². The van der Waals surface area contributed by atoms with E-state index in [4.69, 9.17) is 4.74 Å². The fourth-order valence-electron chi connectivity index (χ4n) is 3.08. The van der Waals surface area contributed by atoms with E-state index in [1.165, 1.54) is 12.1 Å². The largest absolute Gasteiger partial charge is 0.462 e. The van der Waals surface area contributed by atoms with Gasteiger partial charge in [0.25, 0.3) is 0 Å². The Hall–Kier alpha value is -2.89. The smallest absolute Gasteiger partial charge is 0.338 e. The summed E-state index contributed by atoms with van der Waals surface area (Å²) in [5, 5.41) is 7.02. The van der Waals surface area contributed by atoms with Crippen LogP contribution in [-0.2, 0) is 24.2 Å². The molecule has 2 amide bonds. The molecule has 0 radical (unpaired) electrons. The zero-order valence-corrected chi connectivity index (χ0v) is 19.8. The van der Waals surface area contributed by atoms with Crippen LogP contribution in [0.3, 0.4) is 0 Å². The van der Waals surface area contributed by atoms with Gasteiger partial charge in [0.15, 0.2) is 15.1 Å². The highest BCUT2D eigenvalue weighted by Crippen LogP contribution is 2.20. The summed E-state index contributed by atoms with van der Waals surface area (Å²) in [5.41, 5.74) is 1.22. The maximum atomic E-state index is 12.8. The van der Waals surface area contributed by atoms with Crippen LogP contribution in [0.1, 0.15) is 22.8 Å². The Morgan fingerprint density at radius 3 is 2.39 bits per heavy atom. The highest BCUT2D eigenvalue weighted by molar-refractivity contribution is 8.00. The Kier molecular flexibility index (Phi) is 8.11. The van der Waals surface area contributed by atoms with E-state index in [9.17, 15) is 22.8 Å². The molecular formula is C22H25N3O6S2. The summed E-state index contributed by atoms with van der Waals surface area (Å²) in [6.07, 6.45) is 0. The zero-order chi connectivity index (χ0) is 24.0. The topological polar surface area (TPSA) is 131 Å². The molecule has 0 aliphatic carbocycles. The van der Waals surface area contributed by atoms with Gasteiger partial charge in [-0.3, -0.25) is 14.9 Å². The number of ether oxygens (including phenoxy) is 1. The second kappa shape index (κ2) is 10.8. The Labute approximate surface area is 196 Å². The van der Waals surface area contributed by atoms with E-state index < -0.39 is 32.5 Å². The molecule has 3 N–H and O–H groups in total. The molecule has 2 aromatic carbocycles. The Bertz CT molecular complexity index is 1120. The number of thioether (sulfide) groups is 1. The Morgan fingerprint density at radius 2 is 1.79 bits per heavy atom. The fourth-order valence-corrected chi connectivity index (χ4v) is 5.40. The normalized spacial score (nSPS) is 18.3. The average Bonchev–Trinajstić information content (AvgIpc) is 2.78. The molecule has 3 rings (SSSR count). The second-order valence-electron chi connectivity index (χ2n) is 7.30. The van der Waals surface area contributed by atoms with E-state index in [2.05, 4.69) is 16.0 Å². The molecule has 0 bridgehead atoms. The van der Waals surface area contributed by atoms with Gasteiger partial charge < -0.3 is 15.4 Å². The number of hydrogen-bond donors (Lipinski definition) is 3. The summed E-state index contributed by atoms with van der Waals surface area (Å²) in [7, 11) is -3.83. The number of anilines is 1. The summed E-state index contributed by atoms with van der Waals surface area (Å²) < 4.78 is 30.5. The molecule has 0 spiro atoms. The van der Waals surface area contributed by atoms with Crippen molar-refractivity contribution in [1.82, 2.24) is 10.6 Å². The maximum absolute atomic E-state index is 12.8. The molecule has 1 aliphatic rings. The molecule has 0 aromatic heterocycles. The van der Waals surface area contributed by atoms with Crippen molar-refractivity contribution >= 4 is 45.1 Å². The van der Waals surface area contributed by atoms with Crippen LogP contribution in [-0.4, -0.2) is 55.9 Å². The van der Waals surface area contributed by atoms with E-state index in [1.807, 2.05) is 6.92 Å². The van der Waals surface area contributed by atoms with Gasteiger partial charge in [-0.05, 0) is 50.2 Å². The van der Waals surface area contributed by atoms with Crippen LogP contribution in [0.4, 0.5) is 5.69 Å². The molecule has 1 fully saturated rings. The zero-order valence-electron chi connectivity index (χ0n) is 18.2. The van der Waals surface area contributed by atoms with E-state index in [1.54, 1.807) is 43.3 Å². The number of amides is 2. The highest BCUT2D eigenvalue weighted by atomic mass is 32.2. The van der Waals surface area contributed by atoms with Crippen molar-refractivity contribution in [1.29, 1.82) is 0 Å². The third-order valence-corrected chi connectivity index (χ3v) is 7.95. The molecule has 9 nitrogen and oxygen atoms in total. The minimum atomic E-state index is -3.83. The predicted molar refractivity (Wildman–Crippen MR) is 126 cm³/mol. The van der Waals surface area contributed by atoms with Crippen LogP contribution in [0.25, 0.3) is 0 Å². The van der Waals surface area contributed by atoms with E-state index in [0.717, 1.165) is 17.3 Å². The lowest BCUT2D eigenvalue weighted by atomic mass is 10.2. The maximum Gasteiger partial charge on any atom is 0.338 e. The van der Waals surface area contributed by atoms with Gasteiger partial charge in [-0.25, -0.2) is 13.2 Å². The summed E-state index contributed by atoms with van der Waals surface area (Å²) in [5.74, 6) is -1.34. The third-order valence-electron chi connectivity index (χ3n) is 4.84. The lowest BCUT2D eigenvalue weighted by Crippen LogP contribution is -2.59. The lowest BCUT2D eigenvalue weighted by molar-refractivity contribution is -0.122. The SMILES string of the molecule is CCOC(=O)c1ccc(NC(=O)CSC2NCC(S(=O)(=O)c3ccc(C)cc3)C(=O)N2)cc1. The van der Waals surface area contributed by atoms with Gasteiger partial charge in [0.2, 0.25) is 11.8 Å². The van der Waals surface area contributed by atoms with Crippen molar-refractivity contribution in [2.45, 2.75) is 29.5 Å². The van der Waals surface area contributed by atoms with E-state index in [-0.39, 0.29) is 29.7 Å². The first-order valence-corrected chi connectivity index (χ1v) is 12.8. The molecule has 11 heteroatoms. The van der Waals surface area contributed by atoms with Crippen molar-refractivity contribution < 1.29 is 27.5 Å². The Morgan fingerprint density at radius 1 is 1.12 bits per heavy atom. The van der Waals surface area contributed by atoms with Crippen LogP contribution in [0, 0.1) is 6.92 Å².